The van der Waals surface area contributed by atoms with Crippen LogP contribution in [0, 0.1) is 11.8 Å². The molecule has 1 aromatic carbocycles. The molecule has 27 heavy (non-hydrogen) atoms. The summed E-state index contributed by atoms with van der Waals surface area (Å²) in [5.41, 5.74) is 1.33. The fraction of sp³-hybridized carbons (Fsp3) is 0.500. The smallest absolute Gasteiger partial charge is 0.223 e. The first kappa shape index (κ1) is 18.1. The van der Waals surface area contributed by atoms with Gasteiger partial charge in [0.2, 0.25) is 5.91 Å². The number of rotatable bonds is 5. The van der Waals surface area contributed by atoms with E-state index >= 15 is 0 Å². The minimum absolute atomic E-state index is 0.120. The highest BCUT2D eigenvalue weighted by Gasteiger charge is 2.27. The van der Waals surface area contributed by atoms with E-state index in [-0.39, 0.29) is 11.8 Å². The van der Waals surface area contributed by atoms with E-state index in [4.69, 9.17) is 9.15 Å². The summed E-state index contributed by atoms with van der Waals surface area (Å²) in [5.74, 6) is 2.75. The molecule has 0 unspecified atom stereocenters. The van der Waals surface area contributed by atoms with Gasteiger partial charge in [0.05, 0.1) is 19.4 Å². The Labute approximate surface area is 160 Å². The van der Waals surface area contributed by atoms with Crippen LogP contribution in [-0.4, -0.2) is 37.0 Å². The zero-order valence-electron chi connectivity index (χ0n) is 15.7. The molecule has 0 spiro atoms. The standard InChI is InChI=1S/C22H28N2O3/c25-22(23-15-20-5-3-12-26-20)18-7-10-24(11-8-18)16-17-9-13-27-21-6-2-1-4-19(21)14-17/h1-6,12,17-18H,7-11,13-16H2,(H,23,25)/t17-/m1/s1. The molecule has 1 amide bonds. The normalized spacial score (nSPS) is 21.1. The van der Waals surface area contributed by atoms with Gasteiger partial charge in [-0.05, 0) is 68.5 Å². The molecule has 1 atom stereocenters. The summed E-state index contributed by atoms with van der Waals surface area (Å²) in [6.45, 7) is 4.37. The number of hydrogen-bond acceptors (Lipinski definition) is 4. The Morgan fingerprint density at radius 3 is 2.78 bits per heavy atom. The van der Waals surface area contributed by atoms with Crippen molar-refractivity contribution in [2.24, 2.45) is 11.8 Å². The van der Waals surface area contributed by atoms with Gasteiger partial charge in [0.1, 0.15) is 11.5 Å². The van der Waals surface area contributed by atoms with Crippen LogP contribution in [0.1, 0.15) is 30.6 Å². The van der Waals surface area contributed by atoms with E-state index in [2.05, 4.69) is 28.4 Å². The second-order valence-corrected chi connectivity index (χ2v) is 7.69. The summed E-state index contributed by atoms with van der Waals surface area (Å²) in [6, 6.07) is 12.1. The van der Waals surface area contributed by atoms with Gasteiger partial charge in [0, 0.05) is 12.5 Å². The molecule has 1 saturated heterocycles. The average Bonchev–Trinajstić information content (AvgIpc) is 3.13. The Bertz CT molecular complexity index is 736. The van der Waals surface area contributed by atoms with Crippen molar-refractivity contribution in [3.8, 4) is 5.75 Å². The van der Waals surface area contributed by atoms with Crippen LogP contribution >= 0.6 is 0 Å². The highest BCUT2D eigenvalue weighted by molar-refractivity contribution is 5.78. The number of nitrogens with zero attached hydrogens (tertiary/aromatic N) is 1. The third-order valence-corrected chi connectivity index (χ3v) is 5.76. The van der Waals surface area contributed by atoms with Crippen LogP contribution in [0.15, 0.2) is 47.1 Å². The Kier molecular flexibility index (Phi) is 5.78. The SMILES string of the molecule is O=C(NCc1ccco1)C1CCN(C[C@@H]2CCOc3ccccc3C2)CC1. The predicted molar refractivity (Wildman–Crippen MR) is 103 cm³/mol. The van der Waals surface area contributed by atoms with Crippen LogP contribution in [0.25, 0.3) is 0 Å². The lowest BCUT2D eigenvalue weighted by Gasteiger charge is -2.33. The van der Waals surface area contributed by atoms with Crippen LogP contribution < -0.4 is 10.1 Å². The van der Waals surface area contributed by atoms with Crippen LogP contribution in [0.4, 0.5) is 0 Å². The first-order valence-electron chi connectivity index (χ1n) is 10.0. The molecule has 0 bridgehead atoms. The molecule has 0 aliphatic carbocycles. The maximum absolute atomic E-state index is 12.4. The maximum Gasteiger partial charge on any atom is 0.223 e. The van der Waals surface area contributed by atoms with Crippen molar-refractivity contribution in [2.75, 3.05) is 26.2 Å². The predicted octanol–water partition coefficient (Wildman–Crippen LogP) is 3.25. The molecule has 1 fully saturated rings. The maximum atomic E-state index is 12.4. The number of likely N-dealkylation sites (tertiary alicyclic amines) is 1. The Morgan fingerprint density at radius 2 is 1.96 bits per heavy atom. The van der Waals surface area contributed by atoms with Gasteiger partial charge in [-0.15, -0.1) is 0 Å². The molecule has 4 rings (SSSR count). The first-order valence-corrected chi connectivity index (χ1v) is 10.0. The highest BCUT2D eigenvalue weighted by Crippen LogP contribution is 2.28. The number of furan rings is 1. The molecule has 2 aromatic rings. The number of carbonyl (C=O) groups is 1. The van der Waals surface area contributed by atoms with E-state index in [0.29, 0.717) is 12.5 Å². The average molecular weight is 368 g/mol. The Balaban J connectivity index is 1.23. The van der Waals surface area contributed by atoms with Crippen molar-refractivity contribution in [1.82, 2.24) is 10.2 Å². The molecule has 1 N–H and O–H groups in total. The third kappa shape index (κ3) is 4.72. The number of fused-ring (bicyclic) bond motifs is 1. The second-order valence-electron chi connectivity index (χ2n) is 7.69. The van der Waals surface area contributed by atoms with Crippen molar-refractivity contribution in [3.05, 3.63) is 54.0 Å². The van der Waals surface area contributed by atoms with E-state index in [9.17, 15) is 4.79 Å². The number of piperidine rings is 1. The van der Waals surface area contributed by atoms with E-state index in [1.807, 2.05) is 18.2 Å². The number of para-hydroxylation sites is 1. The molecular formula is C22H28N2O3. The third-order valence-electron chi connectivity index (χ3n) is 5.76. The number of ether oxygens (including phenoxy) is 1. The quantitative estimate of drug-likeness (QED) is 0.880. The van der Waals surface area contributed by atoms with Crippen molar-refractivity contribution >= 4 is 5.91 Å². The summed E-state index contributed by atoms with van der Waals surface area (Å²) in [7, 11) is 0. The van der Waals surface area contributed by atoms with Crippen molar-refractivity contribution in [2.45, 2.75) is 32.2 Å². The number of carbonyl (C=O) groups excluding carboxylic acids is 1. The number of hydrogen-bond donors (Lipinski definition) is 1. The fourth-order valence-electron chi connectivity index (χ4n) is 4.19. The molecule has 5 heteroatoms. The zero-order valence-corrected chi connectivity index (χ0v) is 15.7. The Hall–Kier alpha value is -2.27. The molecule has 2 aliphatic rings. The topological polar surface area (TPSA) is 54.7 Å². The second kappa shape index (κ2) is 8.61. The van der Waals surface area contributed by atoms with Gasteiger partial charge in [-0.1, -0.05) is 18.2 Å². The minimum Gasteiger partial charge on any atom is -0.493 e. The van der Waals surface area contributed by atoms with Crippen LogP contribution in [0.2, 0.25) is 0 Å². The molecule has 0 radical (unpaired) electrons. The summed E-state index contributed by atoms with van der Waals surface area (Å²) in [6.07, 6.45) is 5.68. The highest BCUT2D eigenvalue weighted by atomic mass is 16.5. The van der Waals surface area contributed by atoms with E-state index in [1.165, 1.54) is 5.56 Å². The monoisotopic (exact) mass is 368 g/mol. The van der Waals surface area contributed by atoms with Crippen LogP contribution in [-0.2, 0) is 17.8 Å². The van der Waals surface area contributed by atoms with Crippen LogP contribution in [0.5, 0.6) is 5.75 Å². The van der Waals surface area contributed by atoms with Crippen molar-refractivity contribution < 1.29 is 13.9 Å². The molecule has 5 nitrogen and oxygen atoms in total. The van der Waals surface area contributed by atoms with E-state index in [1.54, 1.807) is 6.26 Å². The van der Waals surface area contributed by atoms with E-state index < -0.39 is 0 Å². The van der Waals surface area contributed by atoms with Gasteiger partial charge in [-0.2, -0.15) is 0 Å². The summed E-state index contributed by atoms with van der Waals surface area (Å²) >= 11 is 0. The van der Waals surface area contributed by atoms with Gasteiger partial charge in [-0.3, -0.25) is 4.79 Å². The molecule has 1 aromatic heterocycles. The zero-order chi connectivity index (χ0) is 18.5. The lowest BCUT2D eigenvalue weighted by molar-refractivity contribution is -0.126. The first-order chi connectivity index (χ1) is 13.3. The Morgan fingerprint density at radius 1 is 1.11 bits per heavy atom. The van der Waals surface area contributed by atoms with Gasteiger partial charge in [0.15, 0.2) is 0 Å². The largest absolute Gasteiger partial charge is 0.493 e. The van der Waals surface area contributed by atoms with Gasteiger partial charge < -0.3 is 19.4 Å². The van der Waals surface area contributed by atoms with Crippen molar-refractivity contribution in [3.63, 3.8) is 0 Å². The van der Waals surface area contributed by atoms with Gasteiger partial charge in [-0.25, -0.2) is 0 Å². The lowest BCUT2D eigenvalue weighted by atomic mass is 9.92. The van der Waals surface area contributed by atoms with E-state index in [0.717, 1.165) is 63.4 Å². The molecular weight excluding hydrogens is 340 g/mol. The molecule has 144 valence electrons. The fourth-order valence-corrected chi connectivity index (χ4v) is 4.19. The number of nitrogens with one attached hydrogen (secondary N) is 1. The van der Waals surface area contributed by atoms with Crippen LogP contribution in [0.3, 0.4) is 0 Å². The molecule has 2 aliphatic heterocycles. The summed E-state index contributed by atoms with van der Waals surface area (Å²) < 4.78 is 11.2. The lowest BCUT2D eigenvalue weighted by Crippen LogP contribution is -2.42. The van der Waals surface area contributed by atoms with Gasteiger partial charge in [0.25, 0.3) is 0 Å². The summed E-state index contributed by atoms with van der Waals surface area (Å²) in [5, 5.41) is 3.00. The van der Waals surface area contributed by atoms with Crippen molar-refractivity contribution in [1.29, 1.82) is 0 Å². The molecule has 0 saturated carbocycles. The number of benzene rings is 1. The van der Waals surface area contributed by atoms with Gasteiger partial charge >= 0.3 is 0 Å². The minimum atomic E-state index is 0.120. The summed E-state index contributed by atoms with van der Waals surface area (Å²) in [4.78, 5) is 14.9. The molecule has 3 heterocycles. The number of amides is 1.